The van der Waals surface area contributed by atoms with Crippen molar-refractivity contribution in [1.29, 1.82) is 0 Å². The van der Waals surface area contributed by atoms with Crippen molar-refractivity contribution in [2.24, 2.45) is 5.92 Å². The monoisotopic (exact) mass is 469 g/mol. The van der Waals surface area contributed by atoms with E-state index in [0.29, 0.717) is 32.6 Å². The van der Waals surface area contributed by atoms with Crippen molar-refractivity contribution >= 4 is 17.5 Å². The second-order valence-corrected chi connectivity index (χ2v) is 9.25. The summed E-state index contributed by atoms with van der Waals surface area (Å²) in [5, 5.41) is 3.44. The summed E-state index contributed by atoms with van der Waals surface area (Å²) in [4.78, 5) is 29.0. The molecule has 7 nitrogen and oxygen atoms in total. The Bertz CT molecular complexity index is 1070. The molecule has 0 aliphatic carbocycles. The van der Waals surface area contributed by atoms with Crippen LogP contribution in [0.4, 0.5) is 14.5 Å². The van der Waals surface area contributed by atoms with Gasteiger partial charge in [0.1, 0.15) is 11.6 Å². The third-order valence-corrected chi connectivity index (χ3v) is 7.11. The van der Waals surface area contributed by atoms with Gasteiger partial charge in [-0.1, -0.05) is 12.1 Å². The third kappa shape index (κ3) is 4.63. The lowest BCUT2D eigenvalue weighted by Crippen LogP contribution is -2.67. The molecule has 2 amide bonds. The van der Waals surface area contributed by atoms with E-state index in [1.54, 1.807) is 23.1 Å². The SMILES string of the molecule is O=C1NNC(Cc2ccc(F)c(C(=O)N3CCN(c4cccc(F)c4)CC3)c2)C2NCCCC12. The van der Waals surface area contributed by atoms with Gasteiger partial charge < -0.3 is 15.1 Å². The highest BCUT2D eigenvalue weighted by Gasteiger charge is 2.40. The molecule has 3 heterocycles. The van der Waals surface area contributed by atoms with Crippen molar-refractivity contribution in [3.63, 3.8) is 0 Å². The highest BCUT2D eigenvalue weighted by atomic mass is 19.1. The summed E-state index contributed by atoms with van der Waals surface area (Å²) in [5.74, 6) is -1.26. The molecule has 3 fully saturated rings. The smallest absolute Gasteiger partial charge is 0.256 e. The summed E-state index contributed by atoms with van der Waals surface area (Å²) in [6.45, 7) is 2.83. The highest BCUT2D eigenvalue weighted by Crippen LogP contribution is 2.25. The Morgan fingerprint density at radius 1 is 1.06 bits per heavy atom. The molecule has 0 spiro atoms. The molecule has 0 bridgehead atoms. The van der Waals surface area contributed by atoms with Crippen LogP contribution in [-0.4, -0.2) is 61.5 Å². The lowest BCUT2D eigenvalue weighted by molar-refractivity contribution is -0.131. The van der Waals surface area contributed by atoms with E-state index >= 15 is 0 Å². The van der Waals surface area contributed by atoms with Gasteiger partial charge in [-0.25, -0.2) is 14.2 Å². The van der Waals surface area contributed by atoms with E-state index in [4.69, 9.17) is 0 Å². The van der Waals surface area contributed by atoms with Crippen molar-refractivity contribution in [1.82, 2.24) is 21.1 Å². The summed E-state index contributed by atoms with van der Waals surface area (Å²) in [6.07, 6.45) is 2.36. The van der Waals surface area contributed by atoms with Crippen LogP contribution in [0.3, 0.4) is 0 Å². The number of hydrogen-bond donors (Lipinski definition) is 3. The summed E-state index contributed by atoms with van der Waals surface area (Å²) in [6, 6.07) is 11.0. The van der Waals surface area contributed by atoms with Gasteiger partial charge >= 0.3 is 0 Å². The van der Waals surface area contributed by atoms with Gasteiger partial charge in [0.25, 0.3) is 5.91 Å². The largest absolute Gasteiger partial charge is 0.368 e. The molecule has 2 aromatic carbocycles. The average Bonchev–Trinajstić information content (AvgIpc) is 2.87. The number of nitrogens with zero attached hydrogens (tertiary/aromatic N) is 2. The first-order valence-corrected chi connectivity index (χ1v) is 11.9. The second kappa shape index (κ2) is 9.68. The number of anilines is 1. The summed E-state index contributed by atoms with van der Waals surface area (Å²) in [5.41, 5.74) is 7.53. The zero-order valence-electron chi connectivity index (χ0n) is 18.9. The molecule has 3 unspecified atom stereocenters. The zero-order valence-corrected chi connectivity index (χ0v) is 18.9. The number of amides is 2. The summed E-state index contributed by atoms with van der Waals surface area (Å²) >= 11 is 0. The molecule has 0 aromatic heterocycles. The Hall–Kier alpha value is -3.04. The maximum Gasteiger partial charge on any atom is 0.256 e. The zero-order chi connectivity index (χ0) is 23.7. The molecule has 3 atom stereocenters. The maximum absolute atomic E-state index is 14.7. The predicted octanol–water partition coefficient (Wildman–Crippen LogP) is 1.84. The van der Waals surface area contributed by atoms with Gasteiger partial charge in [-0.2, -0.15) is 0 Å². The molecule has 3 aliphatic heterocycles. The number of rotatable bonds is 4. The molecule has 180 valence electrons. The molecule has 3 N–H and O–H groups in total. The topological polar surface area (TPSA) is 76.7 Å². The van der Waals surface area contributed by atoms with E-state index < -0.39 is 5.82 Å². The minimum atomic E-state index is -0.542. The number of nitrogens with one attached hydrogen (secondary N) is 3. The van der Waals surface area contributed by atoms with Crippen molar-refractivity contribution in [2.45, 2.75) is 31.3 Å². The van der Waals surface area contributed by atoms with E-state index in [-0.39, 0.29) is 41.2 Å². The molecule has 5 rings (SSSR count). The van der Waals surface area contributed by atoms with Crippen LogP contribution in [0.2, 0.25) is 0 Å². The highest BCUT2D eigenvalue weighted by molar-refractivity contribution is 5.95. The molecule has 9 heteroatoms. The van der Waals surface area contributed by atoms with Gasteiger partial charge in [0.05, 0.1) is 11.5 Å². The quantitative estimate of drug-likeness (QED) is 0.637. The van der Waals surface area contributed by atoms with Crippen LogP contribution in [0.25, 0.3) is 0 Å². The number of piperazine rings is 1. The first-order valence-electron chi connectivity index (χ1n) is 11.9. The van der Waals surface area contributed by atoms with Crippen LogP contribution in [0.5, 0.6) is 0 Å². The minimum absolute atomic E-state index is 0.000747. The average molecular weight is 470 g/mol. The predicted molar refractivity (Wildman–Crippen MR) is 124 cm³/mol. The molecule has 3 saturated heterocycles. The molecular formula is C25H29F2N5O2. The number of hydrogen-bond acceptors (Lipinski definition) is 5. The fourth-order valence-corrected chi connectivity index (χ4v) is 5.28. The van der Waals surface area contributed by atoms with Gasteiger partial charge in [-0.3, -0.25) is 15.0 Å². The van der Waals surface area contributed by atoms with Crippen molar-refractivity contribution < 1.29 is 18.4 Å². The second-order valence-electron chi connectivity index (χ2n) is 9.25. The number of benzene rings is 2. The fourth-order valence-electron chi connectivity index (χ4n) is 5.28. The van der Waals surface area contributed by atoms with Crippen LogP contribution in [0.15, 0.2) is 42.5 Å². The van der Waals surface area contributed by atoms with E-state index in [2.05, 4.69) is 16.2 Å². The molecular weight excluding hydrogens is 440 g/mol. The standard InChI is InChI=1S/C25H29F2N5O2/c26-17-3-1-4-18(15-17)31-9-11-32(12-10-31)25(34)20-13-16(6-7-21(20)27)14-22-23-19(5-2-8-28-23)24(33)30-29-22/h1,3-4,6-7,13,15,19,22-23,28-29H,2,5,8-12,14H2,(H,30,33). The van der Waals surface area contributed by atoms with Gasteiger partial charge in [0.15, 0.2) is 0 Å². The number of carbonyl (C=O) groups excluding carboxylic acids is 2. The Morgan fingerprint density at radius 2 is 1.88 bits per heavy atom. The summed E-state index contributed by atoms with van der Waals surface area (Å²) in [7, 11) is 0. The lowest BCUT2D eigenvalue weighted by atomic mass is 9.82. The Morgan fingerprint density at radius 3 is 2.68 bits per heavy atom. The minimum Gasteiger partial charge on any atom is -0.368 e. The van der Waals surface area contributed by atoms with Crippen LogP contribution in [-0.2, 0) is 11.2 Å². The van der Waals surface area contributed by atoms with E-state index in [1.807, 2.05) is 11.0 Å². The van der Waals surface area contributed by atoms with Crippen LogP contribution < -0.4 is 21.1 Å². The van der Waals surface area contributed by atoms with Crippen LogP contribution in [0.1, 0.15) is 28.8 Å². The number of halogens is 2. The maximum atomic E-state index is 14.7. The Kier molecular flexibility index (Phi) is 6.47. The Balaban J connectivity index is 1.26. The van der Waals surface area contributed by atoms with Crippen molar-refractivity contribution in [3.8, 4) is 0 Å². The van der Waals surface area contributed by atoms with Crippen molar-refractivity contribution in [3.05, 3.63) is 65.2 Å². The Labute approximate surface area is 197 Å². The molecule has 3 aliphatic rings. The van der Waals surface area contributed by atoms with Crippen molar-refractivity contribution in [2.75, 3.05) is 37.6 Å². The number of fused-ring (bicyclic) bond motifs is 1. The molecule has 34 heavy (non-hydrogen) atoms. The fraction of sp³-hybridized carbons (Fsp3) is 0.440. The first-order chi connectivity index (χ1) is 16.5. The molecule has 0 radical (unpaired) electrons. The number of hydrazine groups is 1. The molecule has 0 saturated carbocycles. The van der Waals surface area contributed by atoms with Gasteiger partial charge in [-0.05, 0) is 61.7 Å². The normalized spacial score (nSPS) is 25.0. The number of carbonyl (C=O) groups is 2. The lowest BCUT2D eigenvalue weighted by Gasteiger charge is -2.41. The van der Waals surface area contributed by atoms with Gasteiger partial charge in [-0.15, -0.1) is 0 Å². The third-order valence-electron chi connectivity index (χ3n) is 7.11. The summed E-state index contributed by atoms with van der Waals surface area (Å²) < 4.78 is 28.2. The van der Waals surface area contributed by atoms with Crippen LogP contribution >= 0.6 is 0 Å². The van der Waals surface area contributed by atoms with Gasteiger partial charge in [0, 0.05) is 44.0 Å². The first kappa shape index (κ1) is 22.7. The van der Waals surface area contributed by atoms with Gasteiger partial charge in [0.2, 0.25) is 5.91 Å². The molecule has 2 aromatic rings. The van der Waals surface area contributed by atoms with E-state index in [0.717, 1.165) is 30.6 Å². The van der Waals surface area contributed by atoms with Crippen LogP contribution in [0, 0.1) is 17.6 Å². The van der Waals surface area contributed by atoms with E-state index in [9.17, 15) is 18.4 Å². The number of piperidine rings is 1. The van der Waals surface area contributed by atoms with E-state index in [1.165, 1.54) is 18.2 Å².